The Morgan fingerprint density at radius 3 is 2.08 bits per heavy atom. The maximum Gasteiger partial charge on any atom is 0.291 e. The highest BCUT2D eigenvalue weighted by atomic mass is 32.2. The quantitative estimate of drug-likeness (QED) is 0.757. The average Bonchev–Trinajstić information content (AvgIpc) is 3.08. The number of nitrogens with one attached hydrogen (secondary N) is 1. The molecule has 0 saturated carbocycles. The SMILES string of the molecule is CC(C)CN(CC(C)C)S(=O)(=O)c1ccc(NC(=O)c2ccco2)cc1. The lowest BCUT2D eigenvalue weighted by molar-refractivity contribution is 0.0996. The number of sulfonamides is 1. The van der Waals surface area contributed by atoms with Gasteiger partial charge in [0.1, 0.15) is 0 Å². The van der Waals surface area contributed by atoms with Gasteiger partial charge in [0.15, 0.2) is 5.76 Å². The summed E-state index contributed by atoms with van der Waals surface area (Å²) in [6.07, 6.45) is 1.42. The Bertz CT molecular complexity index is 800. The van der Waals surface area contributed by atoms with E-state index in [1.807, 2.05) is 27.7 Å². The summed E-state index contributed by atoms with van der Waals surface area (Å²) in [6.45, 7) is 8.92. The van der Waals surface area contributed by atoms with Gasteiger partial charge in [-0.1, -0.05) is 27.7 Å². The lowest BCUT2D eigenvalue weighted by Gasteiger charge is -2.25. The Morgan fingerprint density at radius 1 is 1.04 bits per heavy atom. The number of anilines is 1. The number of hydrogen-bond acceptors (Lipinski definition) is 4. The third-order valence-corrected chi connectivity index (χ3v) is 5.48. The first-order valence-electron chi connectivity index (χ1n) is 8.65. The van der Waals surface area contributed by atoms with Crippen LogP contribution in [0.4, 0.5) is 5.69 Å². The van der Waals surface area contributed by atoms with Crippen molar-refractivity contribution >= 4 is 21.6 Å². The minimum atomic E-state index is -3.58. The Labute approximate surface area is 155 Å². The van der Waals surface area contributed by atoms with Crippen LogP contribution >= 0.6 is 0 Å². The molecule has 0 saturated heterocycles. The van der Waals surface area contributed by atoms with Gasteiger partial charge >= 0.3 is 0 Å². The molecule has 0 fully saturated rings. The smallest absolute Gasteiger partial charge is 0.291 e. The zero-order valence-corrected chi connectivity index (χ0v) is 16.4. The molecule has 0 unspecified atom stereocenters. The summed E-state index contributed by atoms with van der Waals surface area (Å²) in [5.74, 6) is 0.277. The molecule has 0 spiro atoms. The third-order valence-electron chi connectivity index (χ3n) is 3.63. The van der Waals surface area contributed by atoms with Crippen LogP contribution < -0.4 is 5.32 Å². The predicted molar refractivity (Wildman–Crippen MR) is 102 cm³/mol. The molecule has 0 aliphatic carbocycles. The molecular formula is C19H26N2O4S. The van der Waals surface area contributed by atoms with Crippen LogP contribution in [-0.4, -0.2) is 31.7 Å². The van der Waals surface area contributed by atoms with E-state index in [-0.39, 0.29) is 28.4 Å². The summed E-state index contributed by atoms with van der Waals surface area (Å²) in [7, 11) is -3.58. The first-order valence-corrected chi connectivity index (χ1v) is 10.1. The van der Waals surface area contributed by atoms with Crippen LogP contribution in [0.25, 0.3) is 0 Å². The first-order chi connectivity index (χ1) is 12.2. The number of carbonyl (C=O) groups excluding carboxylic acids is 1. The van der Waals surface area contributed by atoms with Crippen LogP contribution in [0.3, 0.4) is 0 Å². The molecule has 0 atom stereocenters. The molecule has 0 radical (unpaired) electrons. The molecule has 142 valence electrons. The number of rotatable bonds is 8. The van der Waals surface area contributed by atoms with Crippen LogP contribution in [0.1, 0.15) is 38.2 Å². The monoisotopic (exact) mass is 378 g/mol. The molecule has 1 aromatic heterocycles. The van der Waals surface area contributed by atoms with Crippen molar-refractivity contribution in [2.24, 2.45) is 11.8 Å². The Kier molecular flexibility index (Phi) is 6.61. The van der Waals surface area contributed by atoms with Gasteiger partial charge in [-0.05, 0) is 48.2 Å². The highest BCUT2D eigenvalue weighted by Gasteiger charge is 2.25. The van der Waals surface area contributed by atoms with Crippen LogP contribution in [-0.2, 0) is 10.0 Å². The van der Waals surface area contributed by atoms with Crippen molar-refractivity contribution in [1.82, 2.24) is 4.31 Å². The molecule has 2 rings (SSSR count). The fourth-order valence-electron chi connectivity index (χ4n) is 2.55. The van der Waals surface area contributed by atoms with Crippen molar-refractivity contribution in [3.05, 3.63) is 48.4 Å². The van der Waals surface area contributed by atoms with Crippen molar-refractivity contribution in [3.63, 3.8) is 0 Å². The summed E-state index contributed by atoms with van der Waals surface area (Å²) in [5.41, 5.74) is 0.504. The zero-order chi connectivity index (χ0) is 19.3. The molecule has 1 amide bonds. The van der Waals surface area contributed by atoms with E-state index in [4.69, 9.17) is 4.42 Å². The van der Waals surface area contributed by atoms with Gasteiger partial charge in [0.25, 0.3) is 5.91 Å². The molecule has 1 aromatic carbocycles. The van der Waals surface area contributed by atoms with Crippen molar-refractivity contribution < 1.29 is 17.6 Å². The lowest BCUT2D eigenvalue weighted by Crippen LogP contribution is -2.37. The van der Waals surface area contributed by atoms with Gasteiger partial charge in [0.2, 0.25) is 10.0 Å². The van der Waals surface area contributed by atoms with Crippen molar-refractivity contribution in [3.8, 4) is 0 Å². The lowest BCUT2D eigenvalue weighted by atomic mass is 10.2. The number of carbonyl (C=O) groups is 1. The number of nitrogens with zero attached hydrogens (tertiary/aromatic N) is 1. The van der Waals surface area contributed by atoms with Gasteiger partial charge in [0, 0.05) is 18.8 Å². The second-order valence-electron chi connectivity index (χ2n) is 7.07. The van der Waals surface area contributed by atoms with E-state index in [9.17, 15) is 13.2 Å². The molecule has 1 heterocycles. The van der Waals surface area contributed by atoms with E-state index >= 15 is 0 Å². The second-order valence-corrected chi connectivity index (χ2v) is 9.00. The predicted octanol–water partition coefficient (Wildman–Crippen LogP) is 3.83. The van der Waals surface area contributed by atoms with E-state index in [0.717, 1.165) is 0 Å². The van der Waals surface area contributed by atoms with Gasteiger partial charge < -0.3 is 9.73 Å². The molecule has 6 nitrogen and oxygen atoms in total. The molecule has 0 aliphatic rings. The molecule has 0 aliphatic heterocycles. The fraction of sp³-hybridized carbons (Fsp3) is 0.421. The van der Waals surface area contributed by atoms with Crippen LogP contribution in [0.2, 0.25) is 0 Å². The van der Waals surface area contributed by atoms with Gasteiger partial charge in [0.05, 0.1) is 11.2 Å². The van der Waals surface area contributed by atoms with E-state index < -0.39 is 10.0 Å². The number of hydrogen-bond donors (Lipinski definition) is 1. The largest absolute Gasteiger partial charge is 0.459 e. The van der Waals surface area contributed by atoms with Crippen LogP contribution in [0.15, 0.2) is 52.0 Å². The van der Waals surface area contributed by atoms with E-state index in [1.54, 1.807) is 24.3 Å². The Balaban J connectivity index is 2.17. The summed E-state index contributed by atoms with van der Waals surface area (Å²) in [5, 5.41) is 2.68. The van der Waals surface area contributed by atoms with E-state index in [1.165, 1.54) is 22.7 Å². The zero-order valence-electron chi connectivity index (χ0n) is 15.6. The molecule has 7 heteroatoms. The van der Waals surface area contributed by atoms with E-state index in [2.05, 4.69) is 5.32 Å². The second kappa shape index (κ2) is 8.51. The summed E-state index contributed by atoms with van der Waals surface area (Å²) in [4.78, 5) is 12.2. The molecule has 1 N–H and O–H groups in total. The average molecular weight is 378 g/mol. The number of furan rings is 1. The fourth-order valence-corrected chi connectivity index (χ4v) is 4.31. The Morgan fingerprint density at radius 2 is 1.62 bits per heavy atom. The molecule has 0 bridgehead atoms. The highest BCUT2D eigenvalue weighted by Crippen LogP contribution is 2.21. The van der Waals surface area contributed by atoms with Gasteiger partial charge in [-0.15, -0.1) is 0 Å². The molecule has 26 heavy (non-hydrogen) atoms. The maximum atomic E-state index is 12.9. The third kappa shape index (κ3) is 5.19. The van der Waals surface area contributed by atoms with Crippen molar-refractivity contribution in [1.29, 1.82) is 0 Å². The van der Waals surface area contributed by atoms with Gasteiger partial charge in [-0.25, -0.2) is 8.42 Å². The van der Waals surface area contributed by atoms with Gasteiger partial charge in [-0.3, -0.25) is 4.79 Å². The summed E-state index contributed by atoms with van der Waals surface area (Å²) in [6, 6.07) is 9.38. The van der Waals surface area contributed by atoms with E-state index in [0.29, 0.717) is 18.8 Å². The number of amides is 1. The van der Waals surface area contributed by atoms with Gasteiger partial charge in [-0.2, -0.15) is 4.31 Å². The minimum absolute atomic E-state index is 0.196. The Hall–Kier alpha value is -2.12. The summed E-state index contributed by atoms with van der Waals surface area (Å²) >= 11 is 0. The minimum Gasteiger partial charge on any atom is -0.459 e. The number of benzene rings is 1. The topological polar surface area (TPSA) is 79.6 Å². The molecular weight excluding hydrogens is 352 g/mol. The molecule has 2 aromatic rings. The van der Waals surface area contributed by atoms with Crippen molar-refractivity contribution in [2.75, 3.05) is 18.4 Å². The normalized spacial score (nSPS) is 12.1. The maximum absolute atomic E-state index is 12.9. The standard InChI is InChI=1S/C19H26N2O4S/c1-14(2)12-21(13-15(3)4)26(23,24)17-9-7-16(8-10-17)20-19(22)18-6-5-11-25-18/h5-11,14-15H,12-13H2,1-4H3,(H,20,22). The van der Waals surface area contributed by atoms with Crippen LogP contribution in [0, 0.1) is 11.8 Å². The first kappa shape index (κ1) is 20.2. The van der Waals surface area contributed by atoms with Crippen LogP contribution in [0.5, 0.6) is 0 Å². The highest BCUT2D eigenvalue weighted by molar-refractivity contribution is 7.89. The summed E-state index contributed by atoms with van der Waals surface area (Å²) < 4.78 is 32.5. The van der Waals surface area contributed by atoms with Crippen molar-refractivity contribution in [2.45, 2.75) is 32.6 Å².